The summed E-state index contributed by atoms with van der Waals surface area (Å²) in [5.41, 5.74) is -0.619. The number of carbonyl (C=O) groups is 1. The zero-order valence-electron chi connectivity index (χ0n) is 8.83. The Kier molecular flexibility index (Phi) is 3.00. The fourth-order valence-electron chi connectivity index (χ4n) is 1.04. The van der Waals surface area contributed by atoms with Crippen LogP contribution in [0.4, 0.5) is 0 Å². The minimum absolute atomic E-state index is 0.0211. The van der Waals surface area contributed by atoms with Crippen molar-refractivity contribution in [2.24, 2.45) is 0 Å². The average molecular weight is 198 g/mol. The molecule has 1 heterocycles. The molecule has 0 spiro atoms. The van der Waals surface area contributed by atoms with Crippen LogP contribution in [-0.2, 0) is 10.3 Å². The van der Waals surface area contributed by atoms with Gasteiger partial charge in [0, 0.05) is 13.5 Å². The van der Waals surface area contributed by atoms with Crippen molar-refractivity contribution in [1.29, 1.82) is 0 Å². The Morgan fingerprint density at radius 3 is 2.64 bits per heavy atom. The third-order valence-corrected chi connectivity index (χ3v) is 1.77. The monoisotopic (exact) mass is 198 g/mol. The van der Waals surface area contributed by atoms with Gasteiger partial charge in [-0.1, -0.05) is 5.16 Å². The lowest BCUT2D eigenvalue weighted by Crippen LogP contribution is -2.23. The highest BCUT2D eigenvalue weighted by atomic mass is 16.5. The number of rotatable bonds is 4. The molecule has 78 valence electrons. The van der Waals surface area contributed by atoms with Crippen molar-refractivity contribution in [3.8, 4) is 0 Å². The first-order valence-corrected chi connectivity index (χ1v) is 4.46. The van der Waals surface area contributed by atoms with E-state index < -0.39 is 5.60 Å². The first kappa shape index (κ1) is 10.8. The molecule has 0 N–H and O–H groups in total. The van der Waals surface area contributed by atoms with Gasteiger partial charge in [-0.25, -0.2) is 0 Å². The minimum atomic E-state index is -0.619. The van der Waals surface area contributed by atoms with Crippen LogP contribution >= 0.6 is 0 Å². The molecule has 0 bridgehead atoms. The summed E-state index contributed by atoms with van der Waals surface area (Å²) in [4.78, 5) is 14.9. The van der Waals surface area contributed by atoms with E-state index in [-0.39, 0.29) is 11.7 Å². The summed E-state index contributed by atoms with van der Waals surface area (Å²) in [6.07, 6.45) is 0. The van der Waals surface area contributed by atoms with Crippen LogP contribution in [-0.4, -0.2) is 22.5 Å². The van der Waals surface area contributed by atoms with E-state index in [1.807, 2.05) is 20.8 Å². The summed E-state index contributed by atoms with van der Waals surface area (Å²) >= 11 is 0. The van der Waals surface area contributed by atoms with Crippen molar-refractivity contribution in [1.82, 2.24) is 10.1 Å². The molecule has 0 saturated heterocycles. The molecule has 0 unspecified atom stereocenters. The lowest BCUT2D eigenvalue weighted by Gasteiger charge is -2.19. The highest BCUT2D eigenvalue weighted by Gasteiger charge is 2.27. The van der Waals surface area contributed by atoms with E-state index in [4.69, 9.17) is 9.26 Å². The van der Waals surface area contributed by atoms with E-state index in [2.05, 4.69) is 10.1 Å². The number of Topliss-reactive ketones (excluding diaryl/α,β-unsaturated/α-hetero) is 1. The first-order valence-electron chi connectivity index (χ1n) is 4.46. The summed E-state index contributed by atoms with van der Waals surface area (Å²) in [6.45, 7) is 7.46. The van der Waals surface area contributed by atoms with Crippen LogP contribution in [0.5, 0.6) is 0 Å². The molecule has 0 radical (unpaired) electrons. The number of ether oxygens (including phenoxy) is 1. The van der Waals surface area contributed by atoms with E-state index in [0.29, 0.717) is 12.4 Å². The van der Waals surface area contributed by atoms with Gasteiger partial charge in [-0.15, -0.1) is 0 Å². The van der Waals surface area contributed by atoms with E-state index in [9.17, 15) is 4.79 Å². The molecule has 1 aromatic rings. The maximum Gasteiger partial charge on any atom is 0.293 e. The van der Waals surface area contributed by atoms with Gasteiger partial charge < -0.3 is 9.26 Å². The largest absolute Gasteiger partial charge is 0.368 e. The zero-order valence-corrected chi connectivity index (χ0v) is 8.83. The van der Waals surface area contributed by atoms with Crippen LogP contribution < -0.4 is 0 Å². The van der Waals surface area contributed by atoms with E-state index >= 15 is 0 Å². The molecule has 1 rings (SSSR count). The third kappa shape index (κ3) is 2.17. The molecular formula is C9H14N2O3. The van der Waals surface area contributed by atoms with Gasteiger partial charge in [0.05, 0.1) is 0 Å². The predicted octanol–water partition coefficient (Wildman–Crippen LogP) is 1.54. The van der Waals surface area contributed by atoms with E-state index in [0.717, 1.165) is 0 Å². The molecule has 0 aromatic carbocycles. The van der Waals surface area contributed by atoms with Crippen molar-refractivity contribution in [3.63, 3.8) is 0 Å². The van der Waals surface area contributed by atoms with Gasteiger partial charge in [0.25, 0.3) is 5.89 Å². The predicted molar refractivity (Wildman–Crippen MR) is 49.0 cm³/mol. The number of ketones is 1. The first-order chi connectivity index (χ1) is 6.47. The average Bonchev–Trinajstić information content (AvgIpc) is 2.51. The van der Waals surface area contributed by atoms with Crippen LogP contribution in [0.25, 0.3) is 0 Å². The fourth-order valence-corrected chi connectivity index (χ4v) is 1.04. The van der Waals surface area contributed by atoms with Gasteiger partial charge in [-0.3, -0.25) is 4.79 Å². The van der Waals surface area contributed by atoms with E-state index in [1.165, 1.54) is 6.92 Å². The summed E-state index contributed by atoms with van der Waals surface area (Å²) in [5, 5.41) is 3.70. The van der Waals surface area contributed by atoms with Gasteiger partial charge in [-0.2, -0.15) is 4.98 Å². The smallest absolute Gasteiger partial charge is 0.293 e. The third-order valence-electron chi connectivity index (χ3n) is 1.77. The second kappa shape index (κ2) is 3.88. The Labute approximate surface area is 82.4 Å². The van der Waals surface area contributed by atoms with Gasteiger partial charge in [0.2, 0.25) is 11.6 Å². The Morgan fingerprint density at radius 1 is 1.57 bits per heavy atom. The molecule has 0 saturated carbocycles. The SMILES string of the molecule is CCOC(C)(C)c1noc(C(C)=O)n1. The Morgan fingerprint density at radius 2 is 2.21 bits per heavy atom. The quantitative estimate of drug-likeness (QED) is 0.686. The molecule has 14 heavy (non-hydrogen) atoms. The molecule has 1 aromatic heterocycles. The Bertz CT molecular complexity index is 331. The van der Waals surface area contributed by atoms with Crippen LogP contribution in [0.15, 0.2) is 4.52 Å². The number of aromatic nitrogens is 2. The van der Waals surface area contributed by atoms with Crippen LogP contribution in [0.2, 0.25) is 0 Å². The van der Waals surface area contributed by atoms with Gasteiger partial charge in [0.15, 0.2) is 0 Å². The molecule has 0 aliphatic heterocycles. The van der Waals surface area contributed by atoms with Crippen molar-refractivity contribution in [2.45, 2.75) is 33.3 Å². The molecule has 0 atom stereocenters. The zero-order chi connectivity index (χ0) is 10.8. The van der Waals surface area contributed by atoms with Gasteiger partial charge >= 0.3 is 0 Å². The standard InChI is InChI=1S/C9H14N2O3/c1-5-13-9(3,4)8-10-7(6(2)12)14-11-8/h5H2,1-4H3. The molecule has 0 aliphatic carbocycles. The van der Waals surface area contributed by atoms with Gasteiger partial charge in [-0.05, 0) is 20.8 Å². The van der Waals surface area contributed by atoms with Crippen LogP contribution in [0.1, 0.15) is 44.2 Å². The maximum atomic E-state index is 10.9. The van der Waals surface area contributed by atoms with Gasteiger partial charge in [0.1, 0.15) is 5.60 Å². The van der Waals surface area contributed by atoms with E-state index in [1.54, 1.807) is 0 Å². The van der Waals surface area contributed by atoms with Crippen molar-refractivity contribution >= 4 is 5.78 Å². The molecule has 5 heteroatoms. The summed E-state index contributed by atoms with van der Waals surface area (Å²) in [5.74, 6) is 0.174. The second-order valence-corrected chi connectivity index (χ2v) is 3.42. The van der Waals surface area contributed by atoms with Crippen LogP contribution in [0.3, 0.4) is 0 Å². The normalized spacial score (nSPS) is 11.7. The topological polar surface area (TPSA) is 65.2 Å². The summed E-state index contributed by atoms with van der Waals surface area (Å²) in [7, 11) is 0. The number of hydrogen-bond acceptors (Lipinski definition) is 5. The van der Waals surface area contributed by atoms with Crippen molar-refractivity contribution in [2.75, 3.05) is 6.61 Å². The minimum Gasteiger partial charge on any atom is -0.368 e. The fraction of sp³-hybridized carbons (Fsp3) is 0.667. The molecular weight excluding hydrogens is 184 g/mol. The number of hydrogen-bond donors (Lipinski definition) is 0. The maximum absolute atomic E-state index is 10.9. The van der Waals surface area contributed by atoms with Crippen molar-refractivity contribution in [3.05, 3.63) is 11.7 Å². The Hall–Kier alpha value is -1.23. The number of carbonyl (C=O) groups excluding carboxylic acids is 1. The Balaban J connectivity index is 2.90. The highest BCUT2D eigenvalue weighted by Crippen LogP contribution is 2.21. The van der Waals surface area contributed by atoms with Crippen molar-refractivity contribution < 1.29 is 14.1 Å². The molecule has 0 aliphatic rings. The molecule has 0 fully saturated rings. The number of nitrogens with zero attached hydrogens (tertiary/aromatic N) is 2. The second-order valence-electron chi connectivity index (χ2n) is 3.42. The lowest BCUT2D eigenvalue weighted by atomic mass is 10.1. The molecule has 0 amide bonds. The lowest BCUT2D eigenvalue weighted by molar-refractivity contribution is -0.0221. The summed E-state index contributed by atoms with van der Waals surface area (Å²) in [6, 6.07) is 0. The highest BCUT2D eigenvalue weighted by molar-refractivity contribution is 5.89. The molecule has 5 nitrogen and oxygen atoms in total. The summed E-state index contributed by atoms with van der Waals surface area (Å²) < 4.78 is 10.2. The van der Waals surface area contributed by atoms with Crippen LogP contribution in [0, 0.1) is 0 Å².